The molecule has 0 aliphatic heterocycles. The van der Waals surface area contributed by atoms with Crippen LogP contribution in [0.2, 0.25) is 0 Å². The average molecular weight is 252 g/mol. The number of hydrogen-bond acceptors (Lipinski definition) is 1. The van der Waals surface area contributed by atoms with Crippen LogP contribution in [0.1, 0.15) is 30.8 Å². The van der Waals surface area contributed by atoms with Gasteiger partial charge in [0.15, 0.2) is 0 Å². The summed E-state index contributed by atoms with van der Waals surface area (Å²) in [7, 11) is 0. The molecule has 0 bridgehead atoms. The van der Waals surface area contributed by atoms with Crippen LogP contribution in [0.25, 0.3) is 0 Å². The van der Waals surface area contributed by atoms with E-state index in [9.17, 15) is 0 Å². The molecule has 2 aromatic rings. The lowest BCUT2D eigenvalue weighted by atomic mass is 10.1. The third-order valence-electron chi connectivity index (χ3n) is 3.25. The fourth-order valence-corrected chi connectivity index (χ4v) is 2.32. The molecule has 1 aromatic heterocycles. The summed E-state index contributed by atoms with van der Waals surface area (Å²) in [4.78, 5) is 0. The predicted octanol–water partition coefficient (Wildman–Crippen LogP) is 3.80. The lowest BCUT2D eigenvalue weighted by Crippen LogP contribution is -2.10. The summed E-state index contributed by atoms with van der Waals surface area (Å²) in [6, 6.07) is 16.8. The molecule has 2 heteroatoms. The highest BCUT2D eigenvalue weighted by Gasteiger charge is 2.09. The van der Waals surface area contributed by atoms with Gasteiger partial charge in [-0.2, -0.15) is 5.26 Å². The van der Waals surface area contributed by atoms with Crippen molar-refractivity contribution >= 4 is 0 Å². The Labute approximate surface area is 115 Å². The van der Waals surface area contributed by atoms with Gasteiger partial charge in [0, 0.05) is 12.2 Å². The number of aromatic nitrogens is 1. The van der Waals surface area contributed by atoms with Gasteiger partial charge in [-0.25, -0.2) is 0 Å². The van der Waals surface area contributed by atoms with E-state index in [1.165, 1.54) is 11.3 Å². The Bertz CT molecular complexity index is 559. The Hall–Kier alpha value is -2.01. The van der Waals surface area contributed by atoms with Crippen LogP contribution in [0.3, 0.4) is 0 Å². The molecule has 0 saturated carbocycles. The van der Waals surface area contributed by atoms with Crippen LogP contribution in [0.4, 0.5) is 0 Å². The average Bonchev–Trinajstić information content (AvgIpc) is 2.79. The van der Waals surface area contributed by atoms with Gasteiger partial charge in [-0.3, -0.25) is 0 Å². The maximum Gasteiger partial charge on any atom is 0.120 e. The normalized spacial score (nSPS) is 10.6. The number of nitrogens with zero attached hydrogens (tertiary/aromatic N) is 2. The summed E-state index contributed by atoms with van der Waals surface area (Å²) in [5.41, 5.74) is 3.38. The zero-order valence-electron chi connectivity index (χ0n) is 11.6. The summed E-state index contributed by atoms with van der Waals surface area (Å²) in [5.74, 6) is 0.551. The minimum atomic E-state index is 0.551. The second kappa shape index (κ2) is 6.24. The van der Waals surface area contributed by atoms with Gasteiger partial charge in [0.25, 0.3) is 0 Å². The molecule has 98 valence electrons. The van der Waals surface area contributed by atoms with Crippen LogP contribution < -0.4 is 0 Å². The fraction of sp³-hybridized carbons (Fsp3) is 0.353. The smallest absolute Gasteiger partial charge is 0.120 e. The van der Waals surface area contributed by atoms with Crippen molar-refractivity contribution in [3.05, 3.63) is 59.4 Å². The highest BCUT2D eigenvalue weighted by atomic mass is 15.0. The minimum Gasteiger partial charge on any atom is -0.336 e. The first-order chi connectivity index (χ1) is 9.20. The van der Waals surface area contributed by atoms with E-state index >= 15 is 0 Å². The maximum atomic E-state index is 9.16. The Morgan fingerprint density at radius 2 is 1.79 bits per heavy atom. The molecule has 0 spiro atoms. The molecule has 1 aromatic carbocycles. The van der Waals surface area contributed by atoms with E-state index in [1.807, 2.05) is 12.1 Å². The van der Waals surface area contributed by atoms with Crippen molar-refractivity contribution in [3.63, 3.8) is 0 Å². The molecule has 0 aliphatic carbocycles. The SMILES string of the molecule is CC(C)Cn1c(C#N)ccc1CCc1ccccc1. The van der Waals surface area contributed by atoms with Crippen molar-refractivity contribution < 1.29 is 0 Å². The monoisotopic (exact) mass is 252 g/mol. The predicted molar refractivity (Wildman–Crippen MR) is 77.8 cm³/mol. The van der Waals surface area contributed by atoms with E-state index in [0.29, 0.717) is 5.92 Å². The Morgan fingerprint density at radius 1 is 1.05 bits per heavy atom. The number of benzene rings is 1. The number of hydrogen-bond donors (Lipinski definition) is 0. The molecule has 0 fully saturated rings. The van der Waals surface area contributed by atoms with Crippen molar-refractivity contribution in [1.29, 1.82) is 5.26 Å². The molecule has 0 amide bonds. The van der Waals surface area contributed by atoms with Gasteiger partial charge >= 0.3 is 0 Å². The third-order valence-corrected chi connectivity index (χ3v) is 3.25. The second-order valence-electron chi connectivity index (χ2n) is 5.31. The standard InChI is InChI=1S/C17H20N2/c1-14(2)13-19-16(10-11-17(19)12-18)9-8-15-6-4-3-5-7-15/h3-7,10-11,14H,8-9,13H2,1-2H3. The molecule has 1 heterocycles. The van der Waals surface area contributed by atoms with Crippen LogP contribution >= 0.6 is 0 Å². The largest absolute Gasteiger partial charge is 0.336 e. The highest BCUT2D eigenvalue weighted by molar-refractivity contribution is 5.28. The van der Waals surface area contributed by atoms with Crippen LogP contribution in [-0.2, 0) is 19.4 Å². The number of aryl methyl sites for hydroxylation is 2. The van der Waals surface area contributed by atoms with Gasteiger partial charge in [0.05, 0.1) is 0 Å². The van der Waals surface area contributed by atoms with Crippen molar-refractivity contribution in [3.8, 4) is 6.07 Å². The Morgan fingerprint density at radius 3 is 2.42 bits per heavy atom. The third kappa shape index (κ3) is 3.48. The first-order valence-corrected chi connectivity index (χ1v) is 6.83. The Kier molecular flexibility index (Phi) is 4.41. The maximum absolute atomic E-state index is 9.16. The Balaban J connectivity index is 2.12. The summed E-state index contributed by atoms with van der Waals surface area (Å²) >= 11 is 0. The van der Waals surface area contributed by atoms with E-state index in [1.54, 1.807) is 0 Å². The molecule has 2 nitrogen and oxygen atoms in total. The highest BCUT2D eigenvalue weighted by Crippen LogP contribution is 2.14. The van der Waals surface area contributed by atoms with E-state index in [0.717, 1.165) is 25.1 Å². The molecule has 0 aliphatic rings. The summed E-state index contributed by atoms with van der Waals surface area (Å²) in [5, 5.41) is 9.16. The first kappa shape index (κ1) is 13.4. The van der Waals surface area contributed by atoms with Crippen LogP contribution in [0.15, 0.2) is 42.5 Å². The quantitative estimate of drug-likeness (QED) is 0.795. The van der Waals surface area contributed by atoms with Crippen LogP contribution in [0.5, 0.6) is 0 Å². The molecule has 2 rings (SSSR count). The summed E-state index contributed by atoms with van der Waals surface area (Å²) in [6.45, 7) is 5.28. The zero-order chi connectivity index (χ0) is 13.7. The lowest BCUT2D eigenvalue weighted by Gasteiger charge is -2.13. The molecule has 0 N–H and O–H groups in total. The van der Waals surface area contributed by atoms with E-state index < -0.39 is 0 Å². The van der Waals surface area contributed by atoms with Gasteiger partial charge in [0.1, 0.15) is 11.8 Å². The second-order valence-corrected chi connectivity index (χ2v) is 5.31. The van der Waals surface area contributed by atoms with Crippen molar-refractivity contribution in [2.45, 2.75) is 33.2 Å². The van der Waals surface area contributed by atoms with Crippen molar-refractivity contribution in [2.24, 2.45) is 5.92 Å². The van der Waals surface area contributed by atoms with E-state index in [4.69, 9.17) is 5.26 Å². The molecular weight excluding hydrogens is 232 g/mol. The molecule has 19 heavy (non-hydrogen) atoms. The minimum absolute atomic E-state index is 0.551. The molecule has 0 saturated heterocycles. The lowest BCUT2D eigenvalue weighted by molar-refractivity contribution is 0.507. The molecule has 0 atom stereocenters. The van der Waals surface area contributed by atoms with Crippen LogP contribution in [0, 0.1) is 17.2 Å². The summed E-state index contributed by atoms with van der Waals surface area (Å²) in [6.07, 6.45) is 2.01. The number of nitriles is 1. The van der Waals surface area contributed by atoms with Gasteiger partial charge in [0.2, 0.25) is 0 Å². The fourth-order valence-electron chi connectivity index (χ4n) is 2.32. The van der Waals surface area contributed by atoms with Crippen molar-refractivity contribution in [2.75, 3.05) is 0 Å². The van der Waals surface area contributed by atoms with Gasteiger partial charge in [-0.05, 0) is 36.5 Å². The van der Waals surface area contributed by atoms with Gasteiger partial charge in [-0.1, -0.05) is 44.2 Å². The van der Waals surface area contributed by atoms with Crippen molar-refractivity contribution in [1.82, 2.24) is 4.57 Å². The van der Waals surface area contributed by atoms with Crippen LogP contribution in [-0.4, -0.2) is 4.57 Å². The number of rotatable bonds is 5. The molecule has 0 radical (unpaired) electrons. The topological polar surface area (TPSA) is 28.7 Å². The molecule has 0 unspecified atom stereocenters. The molecular formula is C17H20N2. The van der Waals surface area contributed by atoms with E-state index in [-0.39, 0.29) is 0 Å². The first-order valence-electron chi connectivity index (χ1n) is 6.83. The van der Waals surface area contributed by atoms with Gasteiger partial charge in [-0.15, -0.1) is 0 Å². The summed E-state index contributed by atoms with van der Waals surface area (Å²) < 4.78 is 2.16. The van der Waals surface area contributed by atoms with E-state index in [2.05, 4.69) is 54.8 Å². The zero-order valence-corrected chi connectivity index (χ0v) is 11.6. The van der Waals surface area contributed by atoms with Gasteiger partial charge < -0.3 is 4.57 Å².